The van der Waals surface area contributed by atoms with Crippen LogP contribution in [-0.2, 0) is 4.79 Å². The van der Waals surface area contributed by atoms with Gasteiger partial charge in [0.25, 0.3) is 0 Å². The van der Waals surface area contributed by atoms with Gasteiger partial charge in [0.05, 0.1) is 23.3 Å². The summed E-state index contributed by atoms with van der Waals surface area (Å²) in [6, 6.07) is 5.00. The Hall–Kier alpha value is -3.86. The molecule has 3 heterocycles. The number of ether oxygens (including phenoxy) is 1. The maximum absolute atomic E-state index is 16.7. The molecule has 0 bridgehead atoms. The minimum absolute atomic E-state index is 0.0235. The van der Waals surface area contributed by atoms with Gasteiger partial charge in [-0.05, 0) is 50.8 Å². The van der Waals surface area contributed by atoms with Crippen LogP contribution in [0.5, 0.6) is 6.01 Å². The monoisotopic (exact) mass is 612 g/mol. The van der Waals surface area contributed by atoms with Gasteiger partial charge in [-0.3, -0.25) is 9.89 Å². The first-order valence-corrected chi connectivity index (χ1v) is 14.7. The van der Waals surface area contributed by atoms with Gasteiger partial charge in [-0.1, -0.05) is 30.3 Å². The van der Waals surface area contributed by atoms with Gasteiger partial charge in [-0.25, -0.2) is 13.2 Å². The Morgan fingerprint density at radius 2 is 1.93 bits per heavy atom. The Bertz CT molecular complexity index is 1720. The zero-order chi connectivity index (χ0) is 30.6. The van der Waals surface area contributed by atoms with Crippen LogP contribution in [0.3, 0.4) is 0 Å². The summed E-state index contributed by atoms with van der Waals surface area (Å²) < 4.78 is 49.2. The van der Waals surface area contributed by atoms with E-state index in [1.54, 1.807) is 17.2 Å². The molecule has 0 spiro atoms. The lowest BCUT2D eigenvalue weighted by atomic mass is 9.79. The van der Waals surface area contributed by atoms with Crippen LogP contribution in [0.1, 0.15) is 38.7 Å². The van der Waals surface area contributed by atoms with Crippen molar-refractivity contribution in [2.45, 2.75) is 58.0 Å². The Morgan fingerprint density at radius 1 is 1.21 bits per heavy atom. The topological polar surface area (TPSA) is 87.2 Å². The first kappa shape index (κ1) is 29.2. The van der Waals surface area contributed by atoms with Gasteiger partial charge < -0.3 is 14.5 Å². The van der Waals surface area contributed by atoms with E-state index in [0.717, 1.165) is 10.9 Å². The van der Waals surface area contributed by atoms with Crippen molar-refractivity contribution in [1.29, 1.82) is 0 Å². The highest BCUT2D eigenvalue weighted by Crippen LogP contribution is 2.45. The number of aryl methyl sites for hydroxylation is 1. The lowest BCUT2D eigenvalue weighted by Crippen LogP contribution is -2.58. The second-order valence-electron chi connectivity index (χ2n) is 11.7. The molecule has 0 unspecified atom stereocenters. The van der Waals surface area contributed by atoms with E-state index in [4.69, 9.17) is 16.3 Å². The lowest BCUT2D eigenvalue weighted by molar-refractivity contribution is -0.130. The van der Waals surface area contributed by atoms with E-state index in [0.29, 0.717) is 41.8 Å². The van der Waals surface area contributed by atoms with E-state index in [9.17, 15) is 13.6 Å². The van der Waals surface area contributed by atoms with Crippen molar-refractivity contribution in [3.63, 3.8) is 0 Å². The molecule has 1 aliphatic heterocycles. The number of fused-ring (bicyclic) bond motifs is 2. The molecule has 1 N–H and O–H groups in total. The number of H-pyrrole nitrogens is 1. The number of nitrogens with one attached hydrogen (secondary N) is 1. The van der Waals surface area contributed by atoms with Gasteiger partial charge in [-0.2, -0.15) is 15.1 Å². The van der Waals surface area contributed by atoms with Crippen molar-refractivity contribution in [2.24, 2.45) is 5.92 Å². The fourth-order valence-corrected chi connectivity index (χ4v) is 6.76. The SMILES string of the molecule is C=CC(=O)N1[C@H](C)CN(c2nc(OCCC3CC(F)(F)C3)nc3c(F)c(-c4c(C)ccc5cn[nH]c45)c(Cl)cc23)C[C@@H]1C. The third kappa shape index (κ3) is 5.28. The lowest BCUT2D eigenvalue weighted by Gasteiger charge is -2.44. The molecular weight excluding hydrogens is 581 g/mol. The van der Waals surface area contributed by atoms with E-state index in [2.05, 4.69) is 26.7 Å². The van der Waals surface area contributed by atoms with E-state index in [1.165, 1.54) is 6.08 Å². The summed E-state index contributed by atoms with van der Waals surface area (Å²) in [6.45, 7) is 10.3. The first-order valence-electron chi connectivity index (χ1n) is 14.3. The highest BCUT2D eigenvalue weighted by atomic mass is 35.5. The Kier molecular flexibility index (Phi) is 7.48. The van der Waals surface area contributed by atoms with Crippen LogP contribution in [0.4, 0.5) is 19.0 Å². The molecule has 2 aromatic carbocycles. The maximum atomic E-state index is 16.7. The second-order valence-corrected chi connectivity index (χ2v) is 12.1. The normalized spacial score (nSPS) is 20.4. The number of benzene rings is 2. The van der Waals surface area contributed by atoms with Gasteiger partial charge in [-0.15, -0.1) is 0 Å². The first-order chi connectivity index (χ1) is 20.5. The number of hydrogen-bond donors (Lipinski definition) is 1. The second kappa shape index (κ2) is 11.0. The summed E-state index contributed by atoms with van der Waals surface area (Å²) in [5.41, 5.74) is 2.22. The molecular formula is C31H32ClF3N6O2. The summed E-state index contributed by atoms with van der Waals surface area (Å²) in [5, 5.41) is 8.46. The minimum Gasteiger partial charge on any atom is -0.463 e. The van der Waals surface area contributed by atoms with Crippen LogP contribution < -0.4 is 9.64 Å². The van der Waals surface area contributed by atoms with Crippen LogP contribution in [0.2, 0.25) is 5.02 Å². The third-order valence-corrected chi connectivity index (χ3v) is 8.80. The van der Waals surface area contributed by atoms with Gasteiger partial charge in [0.2, 0.25) is 11.8 Å². The summed E-state index contributed by atoms with van der Waals surface area (Å²) in [4.78, 5) is 25.4. The number of rotatable bonds is 7. The molecule has 43 heavy (non-hydrogen) atoms. The molecule has 226 valence electrons. The van der Waals surface area contributed by atoms with E-state index in [-0.39, 0.29) is 65.5 Å². The quantitative estimate of drug-likeness (QED) is 0.234. The molecule has 2 fully saturated rings. The van der Waals surface area contributed by atoms with Crippen LogP contribution in [-0.4, -0.2) is 68.7 Å². The largest absolute Gasteiger partial charge is 0.463 e. The number of alkyl halides is 2. The Morgan fingerprint density at radius 3 is 2.60 bits per heavy atom. The highest BCUT2D eigenvalue weighted by Gasteiger charge is 2.44. The molecule has 8 nitrogen and oxygen atoms in total. The smallest absolute Gasteiger partial charge is 0.319 e. The van der Waals surface area contributed by atoms with Crippen molar-refractivity contribution in [3.05, 3.63) is 53.5 Å². The van der Waals surface area contributed by atoms with Crippen LogP contribution in [0, 0.1) is 18.7 Å². The Labute approximate surface area is 251 Å². The molecule has 2 aromatic heterocycles. The zero-order valence-corrected chi connectivity index (χ0v) is 24.9. The van der Waals surface area contributed by atoms with Gasteiger partial charge in [0, 0.05) is 59.9 Å². The molecule has 1 saturated carbocycles. The number of carbonyl (C=O) groups is 1. The Balaban J connectivity index is 1.44. The molecule has 0 radical (unpaired) electrons. The molecule has 1 amide bonds. The molecule has 4 aromatic rings. The number of aromatic nitrogens is 4. The summed E-state index contributed by atoms with van der Waals surface area (Å²) >= 11 is 6.83. The maximum Gasteiger partial charge on any atom is 0.319 e. The summed E-state index contributed by atoms with van der Waals surface area (Å²) in [6.07, 6.45) is 3.04. The van der Waals surface area contributed by atoms with Crippen molar-refractivity contribution >= 4 is 45.1 Å². The van der Waals surface area contributed by atoms with Gasteiger partial charge >= 0.3 is 6.01 Å². The molecule has 2 aliphatic rings. The van der Waals surface area contributed by atoms with E-state index in [1.807, 2.05) is 37.8 Å². The van der Waals surface area contributed by atoms with Crippen molar-refractivity contribution < 1.29 is 22.7 Å². The predicted octanol–water partition coefficient (Wildman–Crippen LogP) is 6.70. The van der Waals surface area contributed by atoms with Crippen LogP contribution >= 0.6 is 11.6 Å². The average molecular weight is 613 g/mol. The van der Waals surface area contributed by atoms with Crippen LogP contribution in [0.25, 0.3) is 32.9 Å². The fraction of sp³-hybridized carbons (Fsp3) is 0.419. The van der Waals surface area contributed by atoms with Crippen molar-refractivity contribution in [1.82, 2.24) is 25.1 Å². The molecule has 2 atom stereocenters. The summed E-state index contributed by atoms with van der Waals surface area (Å²) in [5.74, 6) is -3.15. The van der Waals surface area contributed by atoms with E-state index < -0.39 is 11.7 Å². The van der Waals surface area contributed by atoms with Gasteiger partial charge in [0.1, 0.15) is 11.3 Å². The number of carbonyl (C=O) groups excluding carboxylic acids is 1. The predicted molar refractivity (Wildman–Crippen MR) is 160 cm³/mol. The number of amides is 1. The fourth-order valence-electron chi connectivity index (χ4n) is 6.48. The standard InChI is InChI=1S/C31H32ClF3N6O2/c1-5-23(42)41-17(3)14-40(15-18(41)4)29-21-10-22(32)25(24-16(2)6-7-20-13-36-39-27(20)24)26(33)28(21)37-30(38-29)43-9-8-19-11-31(34,35)12-19/h5-7,10,13,17-19H,1,8-9,11-12,14-15H2,2-4H3,(H,36,39)/t17-,18+. The number of hydrogen-bond acceptors (Lipinski definition) is 6. The summed E-state index contributed by atoms with van der Waals surface area (Å²) in [7, 11) is 0. The molecule has 1 aliphatic carbocycles. The van der Waals surface area contributed by atoms with Gasteiger partial charge in [0.15, 0.2) is 5.82 Å². The highest BCUT2D eigenvalue weighted by molar-refractivity contribution is 6.35. The van der Waals surface area contributed by atoms with Crippen LogP contribution in [0.15, 0.2) is 37.1 Å². The number of anilines is 1. The number of piperazine rings is 1. The molecule has 6 rings (SSSR count). The number of aromatic amines is 1. The molecule has 1 saturated heterocycles. The molecule has 12 heteroatoms. The minimum atomic E-state index is -2.62. The van der Waals surface area contributed by atoms with Crippen molar-refractivity contribution in [2.75, 3.05) is 24.6 Å². The van der Waals surface area contributed by atoms with E-state index >= 15 is 4.39 Å². The number of nitrogens with zero attached hydrogens (tertiary/aromatic N) is 5. The van der Waals surface area contributed by atoms with Crippen molar-refractivity contribution in [3.8, 4) is 17.1 Å². The zero-order valence-electron chi connectivity index (χ0n) is 24.1. The number of halogens is 4. The average Bonchev–Trinajstić information content (AvgIpc) is 3.41. The third-order valence-electron chi connectivity index (χ3n) is 8.50.